The number of aromatic nitrogens is 3. The van der Waals surface area contributed by atoms with E-state index in [4.69, 9.17) is 4.98 Å². The smallest absolute Gasteiger partial charge is 0.257 e. The van der Waals surface area contributed by atoms with E-state index in [1.165, 1.54) is 17.4 Å². The SMILES string of the molecule is CCCN(c1cccc2cccnc12)C1CCN(C2(C)CCN(C(=O)c3c(C)ncnc3C)CC2)CC1. The zero-order valence-electron chi connectivity index (χ0n) is 22.8. The Kier molecular flexibility index (Phi) is 7.43. The van der Waals surface area contributed by atoms with E-state index in [0.717, 1.165) is 81.7 Å². The van der Waals surface area contributed by atoms with Crippen LogP contribution in [-0.2, 0) is 0 Å². The summed E-state index contributed by atoms with van der Waals surface area (Å²) in [5, 5.41) is 1.21. The van der Waals surface area contributed by atoms with Gasteiger partial charge in [-0.1, -0.05) is 25.1 Å². The molecule has 2 saturated heterocycles. The summed E-state index contributed by atoms with van der Waals surface area (Å²) in [5.74, 6) is 0.0789. The number of aryl methyl sites for hydroxylation is 2. The van der Waals surface area contributed by atoms with Crippen molar-refractivity contribution in [3.05, 3.63) is 59.8 Å². The van der Waals surface area contributed by atoms with Crippen LogP contribution in [0, 0.1) is 13.8 Å². The van der Waals surface area contributed by atoms with Crippen molar-refractivity contribution in [1.82, 2.24) is 24.8 Å². The van der Waals surface area contributed by atoms with Gasteiger partial charge in [0.2, 0.25) is 0 Å². The van der Waals surface area contributed by atoms with Crippen LogP contribution in [0.1, 0.15) is 67.7 Å². The molecule has 2 aromatic heterocycles. The van der Waals surface area contributed by atoms with Gasteiger partial charge in [0.05, 0.1) is 28.2 Å². The van der Waals surface area contributed by atoms with Crippen molar-refractivity contribution in [2.24, 2.45) is 0 Å². The number of fused-ring (bicyclic) bond motifs is 1. The number of carbonyl (C=O) groups excluding carboxylic acids is 1. The van der Waals surface area contributed by atoms with E-state index in [9.17, 15) is 4.79 Å². The predicted octanol–water partition coefficient (Wildman–Crippen LogP) is 5.02. The van der Waals surface area contributed by atoms with Gasteiger partial charge in [-0.25, -0.2) is 9.97 Å². The summed E-state index contributed by atoms with van der Waals surface area (Å²) in [5.41, 5.74) is 4.73. The van der Waals surface area contributed by atoms with E-state index in [-0.39, 0.29) is 11.4 Å². The van der Waals surface area contributed by atoms with Crippen molar-refractivity contribution in [1.29, 1.82) is 0 Å². The van der Waals surface area contributed by atoms with E-state index in [1.807, 2.05) is 31.0 Å². The number of para-hydroxylation sites is 1. The zero-order chi connectivity index (χ0) is 26.0. The maximum absolute atomic E-state index is 13.3. The van der Waals surface area contributed by atoms with Crippen molar-refractivity contribution in [3.63, 3.8) is 0 Å². The van der Waals surface area contributed by atoms with Gasteiger partial charge in [0.25, 0.3) is 5.91 Å². The van der Waals surface area contributed by atoms with Gasteiger partial charge < -0.3 is 9.80 Å². The molecule has 0 radical (unpaired) electrons. The minimum Gasteiger partial charge on any atom is -0.367 e. The largest absolute Gasteiger partial charge is 0.367 e. The molecule has 1 aromatic carbocycles. The highest BCUT2D eigenvalue weighted by Gasteiger charge is 2.39. The van der Waals surface area contributed by atoms with Crippen LogP contribution in [-0.4, -0.2) is 75.0 Å². The lowest BCUT2D eigenvalue weighted by molar-refractivity contribution is 0.0171. The van der Waals surface area contributed by atoms with Gasteiger partial charge in [-0.05, 0) is 65.0 Å². The number of nitrogens with zero attached hydrogens (tertiary/aromatic N) is 6. The Balaban J connectivity index is 1.23. The molecule has 4 heterocycles. The third kappa shape index (κ3) is 5.06. The Hall–Kier alpha value is -3.06. The van der Waals surface area contributed by atoms with Crippen LogP contribution >= 0.6 is 0 Å². The molecule has 7 nitrogen and oxygen atoms in total. The topological polar surface area (TPSA) is 65.5 Å². The Morgan fingerprint density at radius 1 is 1.00 bits per heavy atom. The highest BCUT2D eigenvalue weighted by atomic mass is 16.2. The molecule has 0 bridgehead atoms. The first-order valence-corrected chi connectivity index (χ1v) is 13.8. The second-order valence-electron chi connectivity index (χ2n) is 11.0. The van der Waals surface area contributed by atoms with Crippen molar-refractivity contribution in [3.8, 4) is 0 Å². The highest BCUT2D eigenvalue weighted by Crippen LogP contribution is 2.35. The number of benzene rings is 1. The van der Waals surface area contributed by atoms with Gasteiger partial charge in [0, 0.05) is 55.9 Å². The fourth-order valence-corrected chi connectivity index (χ4v) is 6.35. The zero-order valence-corrected chi connectivity index (χ0v) is 22.8. The number of pyridine rings is 1. The predicted molar refractivity (Wildman–Crippen MR) is 149 cm³/mol. The van der Waals surface area contributed by atoms with Crippen molar-refractivity contribution < 1.29 is 4.79 Å². The number of amides is 1. The molecule has 0 spiro atoms. The lowest BCUT2D eigenvalue weighted by Gasteiger charge is -2.50. The van der Waals surface area contributed by atoms with E-state index in [1.54, 1.807) is 0 Å². The van der Waals surface area contributed by atoms with Crippen LogP contribution in [0.15, 0.2) is 42.9 Å². The maximum Gasteiger partial charge on any atom is 0.257 e. The van der Waals surface area contributed by atoms with Crippen LogP contribution in [0.2, 0.25) is 0 Å². The van der Waals surface area contributed by atoms with E-state index in [0.29, 0.717) is 11.6 Å². The third-order valence-electron chi connectivity index (χ3n) is 8.62. The molecule has 5 rings (SSSR count). The Morgan fingerprint density at radius 2 is 1.68 bits per heavy atom. The summed E-state index contributed by atoms with van der Waals surface area (Å²) in [6, 6.07) is 11.3. The molecule has 0 unspecified atom stereocenters. The van der Waals surface area contributed by atoms with Crippen molar-refractivity contribution in [2.45, 2.75) is 71.4 Å². The van der Waals surface area contributed by atoms with Gasteiger partial charge in [-0.15, -0.1) is 0 Å². The molecule has 37 heavy (non-hydrogen) atoms. The molecule has 3 aromatic rings. The number of likely N-dealkylation sites (tertiary alicyclic amines) is 2. The number of carbonyl (C=O) groups is 1. The molecule has 0 atom stereocenters. The highest BCUT2D eigenvalue weighted by molar-refractivity contribution is 5.96. The number of rotatable bonds is 6. The molecule has 2 fully saturated rings. The fourth-order valence-electron chi connectivity index (χ4n) is 6.35. The summed E-state index contributed by atoms with van der Waals surface area (Å²) in [6.07, 6.45) is 8.88. The van der Waals surface area contributed by atoms with Crippen molar-refractivity contribution >= 4 is 22.5 Å². The Labute approximate surface area is 220 Å². The lowest BCUT2D eigenvalue weighted by atomic mass is 9.85. The van der Waals surface area contributed by atoms with Crippen molar-refractivity contribution in [2.75, 3.05) is 37.6 Å². The number of hydrogen-bond acceptors (Lipinski definition) is 6. The van der Waals surface area contributed by atoms with Gasteiger partial charge in [0.1, 0.15) is 6.33 Å². The third-order valence-corrected chi connectivity index (χ3v) is 8.62. The van der Waals surface area contributed by atoms with E-state index in [2.05, 4.69) is 57.9 Å². The van der Waals surface area contributed by atoms with Gasteiger partial charge in [-0.3, -0.25) is 14.7 Å². The van der Waals surface area contributed by atoms with Crippen LogP contribution in [0.25, 0.3) is 10.9 Å². The molecule has 0 N–H and O–H groups in total. The van der Waals surface area contributed by atoms with E-state index >= 15 is 0 Å². The minimum atomic E-state index is 0.0789. The summed E-state index contributed by atoms with van der Waals surface area (Å²) >= 11 is 0. The van der Waals surface area contributed by atoms with E-state index < -0.39 is 0 Å². The quantitative estimate of drug-likeness (QED) is 0.474. The maximum atomic E-state index is 13.3. The second kappa shape index (κ2) is 10.7. The first kappa shape index (κ1) is 25.6. The standard InChI is InChI=1S/C30H40N6O/c1-5-16-36(26-10-6-8-24-9-7-15-31-28(24)26)25-11-17-35(18-12-25)30(4)13-19-34(20-14-30)29(37)27-22(2)32-21-33-23(27)3/h6-10,15,21,25H,5,11-14,16-20H2,1-4H3. The average molecular weight is 501 g/mol. The Bertz CT molecular complexity index is 1220. The normalized spacial score (nSPS) is 18.8. The monoisotopic (exact) mass is 500 g/mol. The number of piperidine rings is 2. The fraction of sp³-hybridized carbons (Fsp3) is 0.533. The van der Waals surface area contributed by atoms with Gasteiger partial charge in [0.15, 0.2) is 0 Å². The molecule has 7 heteroatoms. The first-order valence-electron chi connectivity index (χ1n) is 13.8. The average Bonchev–Trinajstić information content (AvgIpc) is 2.92. The molecule has 0 saturated carbocycles. The molecular weight excluding hydrogens is 460 g/mol. The molecule has 196 valence electrons. The summed E-state index contributed by atoms with van der Waals surface area (Å²) in [4.78, 5) is 33.8. The summed E-state index contributed by atoms with van der Waals surface area (Å²) < 4.78 is 0. The number of anilines is 1. The molecule has 2 aliphatic heterocycles. The molecule has 2 aliphatic rings. The van der Waals surface area contributed by atoms with Crippen LogP contribution in [0.4, 0.5) is 5.69 Å². The number of hydrogen-bond donors (Lipinski definition) is 0. The summed E-state index contributed by atoms with van der Waals surface area (Å²) in [7, 11) is 0. The molecular formula is C30H40N6O. The first-order chi connectivity index (χ1) is 17.9. The van der Waals surface area contributed by atoms with Gasteiger partial charge >= 0.3 is 0 Å². The minimum absolute atomic E-state index is 0.0789. The van der Waals surface area contributed by atoms with Crippen LogP contribution in [0.3, 0.4) is 0 Å². The van der Waals surface area contributed by atoms with Gasteiger partial charge in [-0.2, -0.15) is 0 Å². The van der Waals surface area contributed by atoms with Crippen LogP contribution in [0.5, 0.6) is 0 Å². The molecule has 1 amide bonds. The summed E-state index contributed by atoms with van der Waals surface area (Å²) in [6.45, 7) is 13.3. The Morgan fingerprint density at radius 3 is 2.35 bits per heavy atom. The second-order valence-corrected chi connectivity index (χ2v) is 11.0. The van der Waals surface area contributed by atoms with Crippen LogP contribution < -0.4 is 4.90 Å². The molecule has 0 aliphatic carbocycles. The lowest BCUT2D eigenvalue weighted by Crippen LogP contribution is -2.58.